The third-order valence-corrected chi connectivity index (χ3v) is 3.68. The van der Waals surface area contributed by atoms with Crippen LogP contribution in [0.5, 0.6) is 11.5 Å². The quantitative estimate of drug-likeness (QED) is 0.725. The Kier molecular flexibility index (Phi) is 2.86. The van der Waals surface area contributed by atoms with Crippen LogP contribution in [-0.4, -0.2) is 16.8 Å². The Balaban J connectivity index is 2.27. The molecule has 0 saturated heterocycles. The van der Waals surface area contributed by atoms with Gasteiger partial charge in [0.25, 0.3) is 5.82 Å². The van der Waals surface area contributed by atoms with E-state index in [1.165, 1.54) is 0 Å². The number of fused-ring (bicyclic) bond motifs is 1. The molecule has 20 heavy (non-hydrogen) atoms. The van der Waals surface area contributed by atoms with Crippen LogP contribution < -0.4 is 9.30 Å². The summed E-state index contributed by atoms with van der Waals surface area (Å²) < 4.78 is 9.33. The maximum atomic E-state index is 9.97. The lowest BCUT2D eigenvalue weighted by Gasteiger charge is -2.04. The molecule has 102 valence electrons. The Morgan fingerprint density at radius 3 is 2.55 bits per heavy atom. The molecule has 1 heterocycles. The molecule has 3 aromatic rings. The number of nitrogens with zero attached hydrogens (tertiary/aromatic N) is 2. The number of ether oxygens (including phenoxy) is 1. The molecule has 4 nitrogen and oxygen atoms in total. The highest BCUT2D eigenvalue weighted by Crippen LogP contribution is 2.31. The van der Waals surface area contributed by atoms with Gasteiger partial charge in [-0.05, 0) is 30.3 Å². The van der Waals surface area contributed by atoms with Crippen molar-refractivity contribution in [1.82, 2.24) is 4.57 Å². The molecule has 0 fully saturated rings. The van der Waals surface area contributed by atoms with Crippen LogP contribution in [0.15, 0.2) is 42.5 Å². The summed E-state index contributed by atoms with van der Waals surface area (Å²) >= 11 is 0. The molecule has 0 aliphatic heterocycles. The number of aromatic nitrogens is 2. The monoisotopic (exact) mass is 269 g/mol. The Morgan fingerprint density at radius 2 is 1.90 bits per heavy atom. The second-order valence-corrected chi connectivity index (χ2v) is 4.82. The van der Waals surface area contributed by atoms with Gasteiger partial charge in [0, 0.05) is 0 Å². The van der Waals surface area contributed by atoms with Crippen molar-refractivity contribution >= 4 is 11.0 Å². The first-order valence-corrected chi connectivity index (χ1v) is 6.44. The second kappa shape index (κ2) is 4.56. The number of phenolic OH excluding ortho intramolecular Hbond substituents is 1. The van der Waals surface area contributed by atoms with E-state index in [0.29, 0.717) is 5.75 Å². The number of imidazole rings is 1. The van der Waals surface area contributed by atoms with Gasteiger partial charge in [-0.25, -0.2) is 9.13 Å². The van der Waals surface area contributed by atoms with Gasteiger partial charge in [0.15, 0.2) is 22.5 Å². The van der Waals surface area contributed by atoms with Crippen molar-refractivity contribution in [2.24, 2.45) is 14.1 Å². The number of aryl methyl sites for hydroxylation is 2. The standard InChI is InChI=1S/C16H16N2O2/c1-17-12-6-4-5-7-13(12)18(2)16(17)11-8-9-15(20-3)14(19)10-11/h4-10H,1-3H3/p+1. The number of hydrogen-bond acceptors (Lipinski definition) is 2. The number of hydrogen-bond donors (Lipinski definition) is 1. The van der Waals surface area contributed by atoms with E-state index in [1.807, 2.05) is 32.3 Å². The van der Waals surface area contributed by atoms with Gasteiger partial charge in [0.05, 0.1) is 26.8 Å². The van der Waals surface area contributed by atoms with Crippen molar-refractivity contribution in [3.05, 3.63) is 42.5 Å². The minimum Gasteiger partial charge on any atom is -0.504 e. The zero-order valence-electron chi connectivity index (χ0n) is 11.8. The molecule has 0 unspecified atom stereocenters. The Hall–Kier alpha value is -2.49. The predicted octanol–water partition coefficient (Wildman–Crippen LogP) is 2.38. The maximum absolute atomic E-state index is 9.97. The molecule has 0 saturated carbocycles. The van der Waals surface area contributed by atoms with E-state index >= 15 is 0 Å². The fourth-order valence-corrected chi connectivity index (χ4v) is 2.70. The van der Waals surface area contributed by atoms with E-state index in [4.69, 9.17) is 4.74 Å². The molecule has 0 bridgehead atoms. The summed E-state index contributed by atoms with van der Waals surface area (Å²) in [6.45, 7) is 0. The van der Waals surface area contributed by atoms with E-state index < -0.39 is 0 Å². The summed E-state index contributed by atoms with van der Waals surface area (Å²) in [7, 11) is 5.60. The summed E-state index contributed by atoms with van der Waals surface area (Å²) in [6, 6.07) is 13.7. The molecular weight excluding hydrogens is 252 g/mol. The van der Waals surface area contributed by atoms with Crippen molar-refractivity contribution in [3.63, 3.8) is 0 Å². The van der Waals surface area contributed by atoms with Gasteiger partial charge < -0.3 is 9.84 Å². The lowest BCUT2D eigenvalue weighted by atomic mass is 10.2. The first-order valence-electron chi connectivity index (χ1n) is 6.44. The van der Waals surface area contributed by atoms with Gasteiger partial charge >= 0.3 is 0 Å². The van der Waals surface area contributed by atoms with Crippen LogP contribution >= 0.6 is 0 Å². The minimum atomic E-state index is 0.148. The molecule has 1 aromatic heterocycles. The zero-order chi connectivity index (χ0) is 14.3. The van der Waals surface area contributed by atoms with Gasteiger partial charge in [-0.3, -0.25) is 0 Å². The summed E-state index contributed by atoms with van der Waals surface area (Å²) in [6.07, 6.45) is 0. The number of rotatable bonds is 2. The Labute approximate surface area is 117 Å². The molecule has 0 radical (unpaired) electrons. The third-order valence-electron chi connectivity index (χ3n) is 3.68. The van der Waals surface area contributed by atoms with Crippen LogP contribution in [0, 0.1) is 0 Å². The van der Waals surface area contributed by atoms with E-state index in [0.717, 1.165) is 22.4 Å². The summed E-state index contributed by atoms with van der Waals surface area (Å²) in [4.78, 5) is 0. The van der Waals surface area contributed by atoms with Crippen LogP contribution in [0.25, 0.3) is 22.4 Å². The fraction of sp³-hybridized carbons (Fsp3) is 0.188. The second-order valence-electron chi connectivity index (χ2n) is 4.82. The highest BCUT2D eigenvalue weighted by atomic mass is 16.5. The lowest BCUT2D eigenvalue weighted by Crippen LogP contribution is -2.29. The molecule has 0 amide bonds. The Bertz CT molecular complexity index is 752. The first-order chi connectivity index (χ1) is 9.63. The van der Waals surface area contributed by atoms with E-state index in [2.05, 4.69) is 21.3 Å². The zero-order valence-corrected chi connectivity index (χ0v) is 11.8. The van der Waals surface area contributed by atoms with Gasteiger partial charge in [0.1, 0.15) is 0 Å². The van der Waals surface area contributed by atoms with E-state index in [1.54, 1.807) is 19.2 Å². The molecule has 3 rings (SSSR count). The molecule has 2 aromatic carbocycles. The maximum Gasteiger partial charge on any atom is 0.289 e. The largest absolute Gasteiger partial charge is 0.504 e. The molecule has 1 N–H and O–H groups in total. The third kappa shape index (κ3) is 1.72. The predicted molar refractivity (Wildman–Crippen MR) is 77.7 cm³/mol. The fourth-order valence-electron chi connectivity index (χ4n) is 2.70. The SMILES string of the molecule is COc1ccc(-c2n(C)c3ccccc3[n+]2C)cc1O. The average Bonchev–Trinajstić information content (AvgIpc) is 2.71. The lowest BCUT2D eigenvalue weighted by molar-refractivity contribution is -0.634. The number of aromatic hydroxyl groups is 1. The van der Waals surface area contributed by atoms with E-state index in [9.17, 15) is 5.11 Å². The van der Waals surface area contributed by atoms with Crippen molar-refractivity contribution in [3.8, 4) is 22.9 Å². The summed E-state index contributed by atoms with van der Waals surface area (Å²) in [5, 5.41) is 9.97. The Morgan fingerprint density at radius 1 is 1.15 bits per heavy atom. The van der Waals surface area contributed by atoms with Gasteiger partial charge in [0.2, 0.25) is 0 Å². The normalized spacial score (nSPS) is 10.9. The number of methoxy groups -OCH3 is 1. The topological polar surface area (TPSA) is 38.3 Å². The molecule has 0 aliphatic carbocycles. The van der Waals surface area contributed by atoms with Crippen LogP contribution in [0.4, 0.5) is 0 Å². The average molecular weight is 269 g/mol. The van der Waals surface area contributed by atoms with Crippen LogP contribution in [-0.2, 0) is 14.1 Å². The molecular formula is C16H17N2O2+. The summed E-state index contributed by atoms with van der Waals surface area (Å²) in [5.41, 5.74) is 3.25. The van der Waals surface area contributed by atoms with Gasteiger partial charge in [-0.15, -0.1) is 0 Å². The van der Waals surface area contributed by atoms with Crippen molar-refractivity contribution in [2.45, 2.75) is 0 Å². The summed E-state index contributed by atoms with van der Waals surface area (Å²) in [5.74, 6) is 1.66. The van der Waals surface area contributed by atoms with Crippen molar-refractivity contribution < 1.29 is 14.4 Å². The number of phenols is 1. The molecule has 0 aliphatic rings. The molecule has 0 atom stereocenters. The van der Waals surface area contributed by atoms with Gasteiger partial charge in [-0.2, -0.15) is 0 Å². The first kappa shape index (κ1) is 12.5. The van der Waals surface area contributed by atoms with Crippen molar-refractivity contribution in [1.29, 1.82) is 0 Å². The molecule has 0 spiro atoms. The minimum absolute atomic E-state index is 0.148. The van der Waals surface area contributed by atoms with Crippen molar-refractivity contribution in [2.75, 3.05) is 7.11 Å². The van der Waals surface area contributed by atoms with Crippen LogP contribution in [0.3, 0.4) is 0 Å². The van der Waals surface area contributed by atoms with E-state index in [-0.39, 0.29) is 5.75 Å². The number of para-hydroxylation sites is 2. The molecule has 4 heteroatoms. The highest BCUT2D eigenvalue weighted by Gasteiger charge is 2.22. The number of benzene rings is 2. The van der Waals surface area contributed by atoms with Crippen LogP contribution in [0.2, 0.25) is 0 Å². The van der Waals surface area contributed by atoms with Crippen LogP contribution in [0.1, 0.15) is 0 Å². The highest BCUT2D eigenvalue weighted by molar-refractivity contribution is 5.76. The smallest absolute Gasteiger partial charge is 0.289 e. The van der Waals surface area contributed by atoms with Gasteiger partial charge in [-0.1, -0.05) is 12.1 Å².